The second-order valence-corrected chi connectivity index (χ2v) is 4.72. The van der Waals surface area contributed by atoms with E-state index in [1.807, 2.05) is 16.7 Å². The lowest BCUT2D eigenvalue weighted by Crippen LogP contribution is -2.37. The van der Waals surface area contributed by atoms with Gasteiger partial charge in [-0.3, -0.25) is 4.79 Å². The van der Waals surface area contributed by atoms with Crippen molar-refractivity contribution in [2.24, 2.45) is 0 Å². The van der Waals surface area contributed by atoms with E-state index in [0.29, 0.717) is 12.5 Å². The summed E-state index contributed by atoms with van der Waals surface area (Å²) in [6.07, 6.45) is 5.57. The molecule has 98 valence electrons. The van der Waals surface area contributed by atoms with Gasteiger partial charge in [0.2, 0.25) is 11.9 Å². The average molecular weight is 248 g/mol. The summed E-state index contributed by atoms with van der Waals surface area (Å²) in [6.45, 7) is 6.98. The summed E-state index contributed by atoms with van der Waals surface area (Å²) in [5.74, 6) is 0.839. The van der Waals surface area contributed by atoms with Gasteiger partial charge in [-0.2, -0.15) is 0 Å². The van der Waals surface area contributed by atoms with Crippen LogP contribution >= 0.6 is 0 Å². The number of aryl methyl sites for hydroxylation is 1. The summed E-state index contributed by atoms with van der Waals surface area (Å²) < 4.78 is 0. The third-order valence-corrected chi connectivity index (χ3v) is 3.08. The molecule has 1 aliphatic rings. The molecule has 0 radical (unpaired) electrons. The Hall–Kier alpha value is -1.65. The van der Waals surface area contributed by atoms with Crippen molar-refractivity contribution < 1.29 is 4.79 Å². The van der Waals surface area contributed by atoms with Gasteiger partial charge in [-0.1, -0.05) is 6.92 Å². The van der Waals surface area contributed by atoms with Gasteiger partial charge in [0, 0.05) is 32.0 Å². The van der Waals surface area contributed by atoms with Crippen LogP contribution in [0.25, 0.3) is 0 Å². The van der Waals surface area contributed by atoms with Crippen molar-refractivity contribution in [2.45, 2.75) is 26.7 Å². The molecule has 0 atom stereocenters. The smallest absolute Gasteiger partial charge is 0.242 e. The molecule has 1 saturated heterocycles. The summed E-state index contributed by atoms with van der Waals surface area (Å²) in [4.78, 5) is 24.6. The number of nitrogens with zero attached hydrogens (tertiary/aromatic N) is 4. The van der Waals surface area contributed by atoms with Gasteiger partial charge in [0.25, 0.3) is 0 Å². The Kier molecular flexibility index (Phi) is 4.12. The third-order valence-electron chi connectivity index (χ3n) is 3.08. The maximum absolute atomic E-state index is 12.1. The zero-order chi connectivity index (χ0) is 13.0. The van der Waals surface area contributed by atoms with Gasteiger partial charge in [-0.15, -0.1) is 0 Å². The van der Waals surface area contributed by atoms with Crippen LogP contribution in [0, 0.1) is 6.92 Å². The second kappa shape index (κ2) is 5.80. The fourth-order valence-electron chi connectivity index (χ4n) is 2.15. The minimum absolute atomic E-state index is 0.179. The van der Waals surface area contributed by atoms with Crippen LogP contribution in [0.1, 0.15) is 25.3 Å². The third kappa shape index (κ3) is 2.97. The summed E-state index contributed by atoms with van der Waals surface area (Å²) >= 11 is 0. The van der Waals surface area contributed by atoms with Crippen LogP contribution in [-0.4, -0.2) is 47.0 Å². The van der Waals surface area contributed by atoms with Crippen LogP contribution in [0.3, 0.4) is 0 Å². The minimum Gasteiger partial charge on any atom is -0.341 e. The number of hydrogen-bond donors (Lipinski definition) is 0. The van der Waals surface area contributed by atoms with Gasteiger partial charge < -0.3 is 9.80 Å². The maximum atomic E-state index is 12.1. The monoisotopic (exact) mass is 248 g/mol. The number of amides is 1. The van der Waals surface area contributed by atoms with Crippen molar-refractivity contribution in [3.05, 3.63) is 18.0 Å². The van der Waals surface area contributed by atoms with E-state index < -0.39 is 0 Å². The number of carbonyl (C=O) groups is 1. The quantitative estimate of drug-likeness (QED) is 0.807. The first-order valence-corrected chi connectivity index (χ1v) is 6.52. The fraction of sp³-hybridized carbons (Fsp3) is 0.615. The van der Waals surface area contributed by atoms with Crippen molar-refractivity contribution in [3.8, 4) is 0 Å². The normalized spacial score (nSPS) is 16.9. The van der Waals surface area contributed by atoms with Gasteiger partial charge in [0.1, 0.15) is 0 Å². The highest BCUT2D eigenvalue weighted by atomic mass is 16.2. The van der Waals surface area contributed by atoms with Gasteiger partial charge in [0.15, 0.2) is 0 Å². The van der Waals surface area contributed by atoms with Gasteiger partial charge in [0.05, 0.1) is 6.54 Å². The van der Waals surface area contributed by atoms with Gasteiger partial charge in [-0.25, -0.2) is 9.97 Å². The fourth-order valence-corrected chi connectivity index (χ4v) is 2.15. The van der Waals surface area contributed by atoms with E-state index >= 15 is 0 Å². The molecule has 0 spiro atoms. The van der Waals surface area contributed by atoms with Crippen LogP contribution in [0.4, 0.5) is 5.95 Å². The molecule has 0 aliphatic carbocycles. The highest BCUT2D eigenvalue weighted by Crippen LogP contribution is 2.12. The zero-order valence-corrected chi connectivity index (χ0v) is 11.1. The molecule has 5 nitrogen and oxygen atoms in total. The Labute approximate surface area is 108 Å². The molecule has 18 heavy (non-hydrogen) atoms. The molecule has 0 aromatic carbocycles. The highest BCUT2D eigenvalue weighted by molar-refractivity contribution is 5.81. The Morgan fingerprint density at radius 1 is 1.28 bits per heavy atom. The first-order valence-electron chi connectivity index (χ1n) is 6.52. The largest absolute Gasteiger partial charge is 0.341 e. The van der Waals surface area contributed by atoms with E-state index in [1.165, 1.54) is 0 Å². The average Bonchev–Trinajstić information content (AvgIpc) is 2.54. The van der Waals surface area contributed by atoms with Crippen molar-refractivity contribution in [1.29, 1.82) is 0 Å². The summed E-state index contributed by atoms with van der Waals surface area (Å²) in [5.41, 5.74) is 1.03. The van der Waals surface area contributed by atoms with E-state index in [0.717, 1.165) is 38.0 Å². The summed E-state index contributed by atoms with van der Waals surface area (Å²) in [6, 6.07) is 0. The maximum Gasteiger partial charge on any atom is 0.242 e. The predicted octanol–water partition coefficient (Wildman–Crippen LogP) is 1.23. The van der Waals surface area contributed by atoms with Crippen molar-refractivity contribution in [1.82, 2.24) is 14.9 Å². The molecule has 1 amide bonds. The highest BCUT2D eigenvalue weighted by Gasteiger charge is 2.22. The molecule has 0 bridgehead atoms. The molecule has 2 heterocycles. The van der Waals surface area contributed by atoms with Crippen molar-refractivity contribution in [3.63, 3.8) is 0 Å². The molecule has 0 saturated carbocycles. The molecular formula is C13H20N4O. The van der Waals surface area contributed by atoms with E-state index in [-0.39, 0.29) is 5.91 Å². The van der Waals surface area contributed by atoms with Gasteiger partial charge >= 0.3 is 0 Å². The van der Waals surface area contributed by atoms with Crippen LogP contribution in [0.15, 0.2) is 12.4 Å². The SMILES string of the molecule is CCCN1CCCN(c2ncc(C)cn2)CC1=O. The molecule has 1 aliphatic heterocycles. The van der Waals surface area contributed by atoms with Gasteiger partial charge in [-0.05, 0) is 25.3 Å². The number of aromatic nitrogens is 2. The van der Waals surface area contributed by atoms with E-state index in [4.69, 9.17) is 0 Å². The zero-order valence-electron chi connectivity index (χ0n) is 11.1. The molecule has 1 aromatic heterocycles. The molecular weight excluding hydrogens is 228 g/mol. The van der Waals surface area contributed by atoms with E-state index in [1.54, 1.807) is 12.4 Å². The predicted molar refractivity (Wildman–Crippen MR) is 70.5 cm³/mol. The second-order valence-electron chi connectivity index (χ2n) is 4.72. The van der Waals surface area contributed by atoms with Crippen LogP contribution < -0.4 is 4.90 Å². The van der Waals surface area contributed by atoms with Crippen molar-refractivity contribution >= 4 is 11.9 Å². The lowest BCUT2D eigenvalue weighted by Gasteiger charge is -2.21. The first kappa shape index (κ1) is 12.8. The van der Waals surface area contributed by atoms with Crippen molar-refractivity contribution in [2.75, 3.05) is 31.1 Å². The van der Waals surface area contributed by atoms with Crippen LogP contribution in [-0.2, 0) is 4.79 Å². The van der Waals surface area contributed by atoms with E-state index in [2.05, 4.69) is 16.9 Å². The first-order chi connectivity index (χ1) is 8.70. The van der Waals surface area contributed by atoms with Crippen LogP contribution in [0.5, 0.6) is 0 Å². The molecule has 5 heteroatoms. The lowest BCUT2D eigenvalue weighted by molar-refractivity contribution is -0.129. The number of anilines is 1. The Morgan fingerprint density at radius 2 is 2.00 bits per heavy atom. The van der Waals surface area contributed by atoms with Crippen LogP contribution in [0.2, 0.25) is 0 Å². The lowest BCUT2D eigenvalue weighted by atomic mass is 10.3. The standard InChI is InChI=1S/C13H20N4O/c1-3-5-16-6-4-7-17(10-12(16)18)13-14-8-11(2)9-15-13/h8-9H,3-7,10H2,1-2H3. The van der Waals surface area contributed by atoms with E-state index in [9.17, 15) is 4.79 Å². The molecule has 1 aromatic rings. The summed E-state index contributed by atoms with van der Waals surface area (Å²) in [7, 11) is 0. The molecule has 1 fully saturated rings. The number of rotatable bonds is 3. The molecule has 2 rings (SSSR count). The number of hydrogen-bond acceptors (Lipinski definition) is 4. The topological polar surface area (TPSA) is 49.3 Å². The molecule has 0 unspecified atom stereocenters. The minimum atomic E-state index is 0.179. The number of carbonyl (C=O) groups excluding carboxylic acids is 1. The molecule has 0 N–H and O–H groups in total. The Balaban J connectivity index is 2.07. The Bertz CT molecular complexity index is 404. The Morgan fingerprint density at radius 3 is 2.67 bits per heavy atom. The summed E-state index contributed by atoms with van der Waals surface area (Å²) in [5, 5.41) is 0.